The quantitative estimate of drug-likeness (QED) is 0.857. The van der Waals surface area contributed by atoms with Crippen LogP contribution in [0.5, 0.6) is 0 Å². The molecule has 1 amide bonds. The Balaban J connectivity index is 2.21. The molecule has 2 aromatic rings. The summed E-state index contributed by atoms with van der Waals surface area (Å²) in [6.45, 7) is 4.59. The Hall–Kier alpha value is -2.60. The molecule has 0 aliphatic carbocycles. The van der Waals surface area contributed by atoms with Crippen molar-refractivity contribution in [3.8, 4) is 6.07 Å². The highest BCUT2D eigenvalue weighted by atomic mass is 16.2. The average molecular weight is 278 g/mol. The number of rotatable bonds is 4. The molecule has 0 atom stereocenters. The van der Waals surface area contributed by atoms with Gasteiger partial charge in [-0.15, -0.1) is 0 Å². The molecule has 0 aliphatic rings. The molecule has 0 aromatic heterocycles. The highest BCUT2D eigenvalue weighted by Crippen LogP contribution is 2.14. The monoisotopic (exact) mass is 278 g/mol. The van der Waals surface area contributed by atoms with Gasteiger partial charge in [0.05, 0.1) is 11.6 Å². The van der Waals surface area contributed by atoms with Crippen LogP contribution in [-0.2, 0) is 6.54 Å². The first-order chi connectivity index (χ1) is 10.1. The highest BCUT2D eigenvalue weighted by molar-refractivity contribution is 5.94. The van der Waals surface area contributed by atoms with E-state index in [9.17, 15) is 4.79 Å². The fourth-order valence-electron chi connectivity index (χ4n) is 2.12. The number of benzene rings is 2. The maximum absolute atomic E-state index is 12.6. The van der Waals surface area contributed by atoms with Gasteiger partial charge in [0, 0.05) is 18.2 Å². The second kappa shape index (κ2) is 6.71. The molecule has 0 aliphatic heterocycles. The third-order valence-electron chi connectivity index (χ3n) is 3.34. The summed E-state index contributed by atoms with van der Waals surface area (Å²) in [6.07, 6.45) is 0. The minimum Gasteiger partial charge on any atom is -0.332 e. The molecule has 3 heteroatoms. The van der Waals surface area contributed by atoms with Crippen LogP contribution in [0.15, 0.2) is 54.6 Å². The van der Waals surface area contributed by atoms with Crippen LogP contribution in [0.3, 0.4) is 0 Å². The molecule has 0 saturated carbocycles. The van der Waals surface area contributed by atoms with Gasteiger partial charge in [0.15, 0.2) is 0 Å². The number of amides is 1. The zero-order valence-electron chi connectivity index (χ0n) is 12.3. The molecule has 21 heavy (non-hydrogen) atoms. The van der Waals surface area contributed by atoms with Crippen LogP contribution < -0.4 is 0 Å². The largest absolute Gasteiger partial charge is 0.332 e. The number of hydrogen-bond donors (Lipinski definition) is 0. The van der Waals surface area contributed by atoms with Gasteiger partial charge in [0.2, 0.25) is 0 Å². The summed E-state index contributed by atoms with van der Waals surface area (Å²) in [5.41, 5.74) is 2.28. The Morgan fingerprint density at radius 2 is 1.71 bits per heavy atom. The van der Waals surface area contributed by atoms with Crippen LogP contribution in [0.25, 0.3) is 0 Å². The lowest BCUT2D eigenvalue weighted by Crippen LogP contribution is -2.36. The third kappa shape index (κ3) is 3.70. The van der Waals surface area contributed by atoms with E-state index in [1.807, 2.05) is 49.1 Å². The van der Waals surface area contributed by atoms with Crippen molar-refractivity contribution >= 4 is 5.91 Å². The van der Waals surface area contributed by atoms with E-state index < -0.39 is 0 Å². The van der Waals surface area contributed by atoms with Gasteiger partial charge in [-0.05, 0) is 43.7 Å². The van der Waals surface area contributed by atoms with E-state index in [1.165, 1.54) is 0 Å². The molecule has 106 valence electrons. The van der Waals surface area contributed by atoms with Crippen molar-refractivity contribution in [1.82, 2.24) is 4.90 Å². The zero-order valence-corrected chi connectivity index (χ0v) is 12.3. The summed E-state index contributed by atoms with van der Waals surface area (Å²) in [6, 6.07) is 18.9. The molecule has 0 N–H and O–H groups in total. The minimum absolute atomic E-state index is 0.0154. The Morgan fingerprint density at radius 1 is 1.10 bits per heavy atom. The maximum atomic E-state index is 12.6. The normalized spacial score (nSPS) is 10.2. The smallest absolute Gasteiger partial charge is 0.254 e. The van der Waals surface area contributed by atoms with Crippen LogP contribution >= 0.6 is 0 Å². The second-order valence-corrected chi connectivity index (χ2v) is 5.20. The number of carbonyl (C=O) groups excluding carboxylic acids is 1. The van der Waals surface area contributed by atoms with Crippen LogP contribution in [-0.4, -0.2) is 16.8 Å². The summed E-state index contributed by atoms with van der Waals surface area (Å²) in [5, 5.41) is 8.81. The first kappa shape index (κ1) is 14.8. The zero-order chi connectivity index (χ0) is 15.2. The fourth-order valence-corrected chi connectivity index (χ4v) is 2.12. The van der Waals surface area contributed by atoms with E-state index in [4.69, 9.17) is 5.26 Å². The van der Waals surface area contributed by atoms with Crippen molar-refractivity contribution in [3.63, 3.8) is 0 Å². The van der Waals surface area contributed by atoms with Crippen molar-refractivity contribution < 1.29 is 4.79 Å². The van der Waals surface area contributed by atoms with E-state index in [0.717, 1.165) is 5.56 Å². The molecular formula is C18H18N2O. The molecule has 0 bridgehead atoms. The van der Waals surface area contributed by atoms with E-state index in [2.05, 4.69) is 6.07 Å². The van der Waals surface area contributed by atoms with Gasteiger partial charge < -0.3 is 4.90 Å². The summed E-state index contributed by atoms with van der Waals surface area (Å²) in [7, 11) is 0. The van der Waals surface area contributed by atoms with Crippen LogP contribution in [0.2, 0.25) is 0 Å². The minimum atomic E-state index is -0.0154. The third-order valence-corrected chi connectivity index (χ3v) is 3.34. The van der Waals surface area contributed by atoms with Crippen molar-refractivity contribution in [2.75, 3.05) is 0 Å². The van der Waals surface area contributed by atoms with Gasteiger partial charge in [0.25, 0.3) is 5.91 Å². The Kier molecular flexibility index (Phi) is 4.73. The highest BCUT2D eigenvalue weighted by Gasteiger charge is 2.18. The molecule has 0 radical (unpaired) electrons. The van der Waals surface area contributed by atoms with Gasteiger partial charge in [-0.1, -0.05) is 30.3 Å². The molecule has 0 saturated heterocycles. The predicted molar refractivity (Wildman–Crippen MR) is 82.6 cm³/mol. The summed E-state index contributed by atoms with van der Waals surface area (Å²) >= 11 is 0. The van der Waals surface area contributed by atoms with Crippen LogP contribution in [0.4, 0.5) is 0 Å². The topological polar surface area (TPSA) is 44.1 Å². The first-order valence-electron chi connectivity index (χ1n) is 6.97. The van der Waals surface area contributed by atoms with Crippen molar-refractivity contribution in [1.29, 1.82) is 5.26 Å². The van der Waals surface area contributed by atoms with Gasteiger partial charge >= 0.3 is 0 Å². The number of nitrogens with zero attached hydrogens (tertiary/aromatic N) is 2. The van der Waals surface area contributed by atoms with Crippen LogP contribution in [0, 0.1) is 11.3 Å². The fraction of sp³-hybridized carbons (Fsp3) is 0.222. The Morgan fingerprint density at radius 3 is 2.24 bits per heavy atom. The van der Waals surface area contributed by atoms with Gasteiger partial charge in [-0.25, -0.2) is 0 Å². The van der Waals surface area contributed by atoms with Gasteiger partial charge in [-0.3, -0.25) is 4.79 Å². The standard InChI is InChI=1S/C18H18N2O/c1-14(2)20(13-16-6-4-3-5-7-16)18(21)17-10-8-15(12-19)9-11-17/h3-11,14H,13H2,1-2H3. The average Bonchev–Trinajstić information content (AvgIpc) is 2.53. The number of hydrogen-bond acceptors (Lipinski definition) is 2. The molecule has 0 spiro atoms. The summed E-state index contributed by atoms with van der Waals surface area (Å²) < 4.78 is 0. The SMILES string of the molecule is CC(C)N(Cc1ccccc1)C(=O)c1ccc(C#N)cc1. The molecular weight excluding hydrogens is 260 g/mol. The molecule has 2 rings (SSSR count). The molecule has 0 fully saturated rings. The van der Waals surface area contributed by atoms with Crippen molar-refractivity contribution in [2.24, 2.45) is 0 Å². The van der Waals surface area contributed by atoms with Gasteiger partial charge in [0.1, 0.15) is 0 Å². The summed E-state index contributed by atoms with van der Waals surface area (Å²) in [4.78, 5) is 14.5. The van der Waals surface area contributed by atoms with E-state index >= 15 is 0 Å². The van der Waals surface area contributed by atoms with Crippen molar-refractivity contribution in [2.45, 2.75) is 26.4 Å². The maximum Gasteiger partial charge on any atom is 0.254 e. The second-order valence-electron chi connectivity index (χ2n) is 5.20. The summed E-state index contributed by atoms with van der Waals surface area (Å²) in [5.74, 6) is -0.0154. The Labute approximate surface area is 125 Å². The molecule has 0 unspecified atom stereocenters. The lowest BCUT2D eigenvalue weighted by atomic mass is 10.1. The van der Waals surface area contributed by atoms with E-state index in [1.54, 1.807) is 24.3 Å². The molecule has 3 nitrogen and oxygen atoms in total. The molecule has 2 aromatic carbocycles. The predicted octanol–water partition coefficient (Wildman–Crippen LogP) is 3.61. The van der Waals surface area contributed by atoms with E-state index in [0.29, 0.717) is 17.7 Å². The molecule has 0 heterocycles. The van der Waals surface area contributed by atoms with E-state index in [-0.39, 0.29) is 11.9 Å². The first-order valence-corrected chi connectivity index (χ1v) is 6.97. The number of nitriles is 1. The Bertz CT molecular complexity index is 639. The lowest BCUT2D eigenvalue weighted by Gasteiger charge is -2.27. The van der Waals surface area contributed by atoms with Gasteiger partial charge in [-0.2, -0.15) is 5.26 Å². The number of carbonyl (C=O) groups is 1. The lowest BCUT2D eigenvalue weighted by molar-refractivity contribution is 0.0690. The van der Waals surface area contributed by atoms with Crippen molar-refractivity contribution in [3.05, 3.63) is 71.3 Å². The van der Waals surface area contributed by atoms with Crippen LogP contribution in [0.1, 0.15) is 35.3 Å².